The number of aliphatic hydroxyl groups excluding tert-OH is 2. The molecule has 0 bridgehead atoms. The second-order valence-corrected chi connectivity index (χ2v) is 1.20. The summed E-state index contributed by atoms with van der Waals surface area (Å²) in [4.78, 5) is 0. The van der Waals surface area contributed by atoms with E-state index in [1.54, 1.807) is 0 Å². The molecule has 0 spiro atoms. The average molecular weight is 153 g/mol. The first-order chi connectivity index (χ1) is 3.41. The molecule has 0 saturated heterocycles. The summed E-state index contributed by atoms with van der Waals surface area (Å²) in [6.07, 6.45) is 0. The Kier molecular flexibility index (Phi) is 15.0. The number of aliphatic hydroxyl groups is 2. The fourth-order valence-electron chi connectivity index (χ4n) is 0.283. The van der Waals surface area contributed by atoms with Gasteiger partial charge in [-0.3, -0.25) is 0 Å². The molecule has 0 aliphatic rings. The molecule has 3 N–H and O–H groups in total. The molecule has 0 heterocycles. The van der Waals surface area contributed by atoms with E-state index in [1.165, 1.54) is 0 Å². The molecular weight excluding hydrogens is 142 g/mol. The summed E-state index contributed by atoms with van der Waals surface area (Å²) in [5, 5.41) is 19.1. The van der Waals surface area contributed by atoms with Crippen LogP contribution in [0.25, 0.3) is 0 Å². The zero-order valence-electron chi connectivity index (χ0n) is 4.72. The molecule has 0 rings (SSSR count). The summed E-state index contributed by atoms with van der Waals surface area (Å²) in [6.45, 7) is 1.42. The predicted octanol–water partition coefficient (Wildman–Crippen LogP) is -1.44. The molecule has 0 aliphatic carbocycles. The molecule has 4 heteroatoms. The number of nitrogens with one attached hydrogen (secondary N) is 1. The van der Waals surface area contributed by atoms with Gasteiger partial charge >= 0.3 is 21.7 Å². The fraction of sp³-hybridized carbons (Fsp3) is 1.00. The molecular formula is C4H11NO2Ti+2. The van der Waals surface area contributed by atoms with Crippen LogP contribution < -0.4 is 5.32 Å². The van der Waals surface area contributed by atoms with Crippen LogP contribution in [0.4, 0.5) is 0 Å². The van der Waals surface area contributed by atoms with E-state index in [4.69, 9.17) is 10.2 Å². The van der Waals surface area contributed by atoms with Gasteiger partial charge < -0.3 is 15.5 Å². The molecule has 0 unspecified atom stereocenters. The number of hydrogen-bond donors (Lipinski definition) is 3. The molecule has 0 aromatic carbocycles. The minimum Gasteiger partial charge on any atom is -0.395 e. The Morgan fingerprint density at radius 2 is 1.38 bits per heavy atom. The van der Waals surface area contributed by atoms with Crippen LogP contribution in [0.15, 0.2) is 0 Å². The Morgan fingerprint density at radius 3 is 1.62 bits per heavy atom. The Balaban J connectivity index is 0. The summed E-state index contributed by atoms with van der Waals surface area (Å²) in [6, 6.07) is 0. The number of hydrogen-bond acceptors (Lipinski definition) is 3. The van der Waals surface area contributed by atoms with Gasteiger partial charge in [-0.1, -0.05) is 0 Å². The van der Waals surface area contributed by atoms with Crippen molar-refractivity contribution in [3.05, 3.63) is 0 Å². The van der Waals surface area contributed by atoms with Gasteiger partial charge in [0, 0.05) is 13.1 Å². The van der Waals surface area contributed by atoms with Crippen molar-refractivity contribution in [2.24, 2.45) is 0 Å². The van der Waals surface area contributed by atoms with E-state index in [0.29, 0.717) is 13.1 Å². The maximum atomic E-state index is 8.15. The normalized spacial score (nSPS) is 8.25. The Hall–Kier alpha value is 0.594. The molecule has 3 nitrogen and oxygen atoms in total. The Bertz CT molecular complexity index is 33.2. The predicted molar refractivity (Wildman–Crippen MR) is 27.0 cm³/mol. The summed E-state index contributed by atoms with van der Waals surface area (Å²) in [5.74, 6) is 0. The molecule has 8 heavy (non-hydrogen) atoms. The largest absolute Gasteiger partial charge is 2.00 e. The van der Waals surface area contributed by atoms with Crippen molar-refractivity contribution < 1.29 is 31.9 Å². The van der Waals surface area contributed by atoms with Gasteiger partial charge in [0.1, 0.15) is 0 Å². The van der Waals surface area contributed by atoms with Gasteiger partial charge in [-0.25, -0.2) is 0 Å². The van der Waals surface area contributed by atoms with E-state index in [-0.39, 0.29) is 34.9 Å². The third-order valence-electron chi connectivity index (χ3n) is 0.577. The van der Waals surface area contributed by atoms with Crippen LogP contribution in [0.1, 0.15) is 0 Å². The quantitative estimate of drug-likeness (QED) is 0.342. The van der Waals surface area contributed by atoms with E-state index in [9.17, 15) is 0 Å². The summed E-state index contributed by atoms with van der Waals surface area (Å²) >= 11 is 0. The standard InChI is InChI=1S/C4H11NO2.Ti/c6-3-1-5-2-4-7;/h5-7H,1-4H2;/q;+2. The average Bonchev–Trinajstić information content (AvgIpc) is 1.69. The van der Waals surface area contributed by atoms with Crippen molar-refractivity contribution in [3.63, 3.8) is 0 Å². The van der Waals surface area contributed by atoms with Crippen molar-refractivity contribution in [1.29, 1.82) is 0 Å². The van der Waals surface area contributed by atoms with E-state index in [1.807, 2.05) is 0 Å². The third-order valence-corrected chi connectivity index (χ3v) is 0.577. The molecule has 0 aliphatic heterocycles. The summed E-state index contributed by atoms with van der Waals surface area (Å²) in [5.41, 5.74) is 0. The molecule has 0 fully saturated rings. The van der Waals surface area contributed by atoms with Gasteiger partial charge in [0.15, 0.2) is 0 Å². The maximum absolute atomic E-state index is 8.15. The molecule has 0 saturated carbocycles. The topological polar surface area (TPSA) is 52.5 Å². The van der Waals surface area contributed by atoms with Crippen molar-refractivity contribution in [2.45, 2.75) is 0 Å². The van der Waals surface area contributed by atoms with Crippen LogP contribution in [-0.2, 0) is 21.7 Å². The molecule has 46 valence electrons. The van der Waals surface area contributed by atoms with Crippen LogP contribution in [0.5, 0.6) is 0 Å². The maximum Gasteiger partial charge on any atom is 2.00 e. The van der Waals surface area contributed by atoms with Gasteiger partial charge in [-0.15, -0.1) is 0 Å². The van der Waals surface area contributed by atoms with Crippen LogP contribution in [-0.4, -0.2) is 36.5 Å². The van der Waals surface area contributed by atoms with Crippen molar-refractivity contribution in [3.8, 4) is 0 Å². The monoisotopic (exact) mass is 153 g/mol. The van der Waals surface area contributed by atoms with Gasteiger partial charge in [0.2, 0.25) is 0 Å². The van der Waals surface area contributed by atoms with Gasteiger partial charge in [-0.2, -0.15) is 0 Å². The molecule has 0 aromatic rings. The number of rotatable bonds is 4. The first-order valence-corrected chi connectivity index (χ1v) is 2.34. The van der Waals surface area contributed by atoms with Gasteiger partial charge in [0.25, 0.3) is 0 Å². The van der Waals surface area contributed by atoms with E-state index in [2.05, 4.69) is 5.32 Å². The van der Waals surface area contributed by atoms with Crippen LogP contribution in [0.3, 0.4) is 0 Å². The van der Waals surface area contributed by atoms with Crippen molar-refractivity contribution >= 4 is 0 Å². The fourth-order valence-corrected chi connectivity index (χ4v) is 0.283. The summed E-state index contributed by atoms with van der Waals surface area (Å²) < 4.78 is 0. The van der Waals surface area contributed by atoms with Crippen molar-refractivity contribution in [1.82, 2.24) is 5.32 Å². The molecule has 0 aromatic heterocycles. The second-order valence-electron chi connectivity index (χ2n) is 1.20. The van der Waals surface area contributed by atoms with Gasteiger partial charge in [-0.05, 0) is 0 Å². The van der Waals surface area contributed by atoms with Crippen LogP contribution in [0.2, 0.25) is 0 Å². The molecule has 0 atom stereocenters. The summed E-state index contributed by atoms with van der Waals surface area (Å²) in [7, 11) is 0. The first kappa shape index (κ1) is 11.4. The minimum atomic E-state index is 0. The minimum absolute atomic E-state index is 0. The third kappa shape index (κ3) is 9.78. The van der Waals surface area contributed by atoms with Crippen LogP contribution in [0, 0.1) is 0 Å². The second kappa shape index (κ2) is 10.6. The van der Waals surface area contributed by atoms with E-state index >= 15 is 0 Å². The first-order valence-electron chi connectivity index (χ1n) is 2.34. The zero-order chi connectivity index (χ0) is 5.54. The molecule has 0 amide bonds. The van der Waals surface area contributed by atoms with E-state index < -0.39 is 0 Å². The van der Waals surface area contributed by atoms with Crippen molar-refractivity contribution in [2.75, 3.05) is 26.3 Å². The zero-order valence-corrected chi connectivity index (χ0v) is 6.28. The van der Waals surface area contributed by atoms with Crippen LogP contribution >= 0.6 is 0 Å². The molecule has 0 radical (unpaired) electrons. The van der Waals surface area contributed by atoms with E-state index in [0.717, 1.165) is 0 Å². The SMILES string of the molecule is OCCNCCO.[Ti+2]. The Labute approximate surface area is 64.0 Å². The smallest absolute Gasteiger partial charge is 0.395 e. The van der Waals surface area contributed by atoms with Gasteiger partial charge in [0.05, 0.1) is 13.2 Å². The Morgan fingerprint density at radius 1 is 1.00 bits per heavy atom.